The second-order valence-electron chi connectivity index (χ2n) is 4.08. The molecule has 0 aromatic heterocycles. The molecule has 0 N–H and O–H groups in total. The topological polar surface area (TPSA) is 20.3 Å². The SMILES string of the molecule is CC#CC(=O)N1CCCC1c1ccc(I)cc1. The molecule has 1 aromatic carbocycles. The van der Waals surface area contributed by atoms with Gasteiger partial charge in [-0.1, -0.05) is 18.1 Å². The van der Waals surface area contributed by atoms with Crippen molar-refractivity contribution >= 4 is 28.5 Å². The Morgan fingerprint density at radius 1 is 1.41 bits per heavy atom. The molecule has 88 valence electrons. The van der Waals surface area contributed by atoms with Crippen LogP contribution in [0.5, 0.6) is 0 Å². The maximum atomic E-state index is 11.8. The van der Waals surface area contributed by atoms with Gasteiger partial charge in [-0.15, -0.1) is 0 Å². The van der Waals surface area contributed by atoms with Crippen molar-refractivity contribution < 1.29 is 4.79 Å². The van der Waals surface area contributed by atoms with Crippen molar-refractivity contribution in [1.29, 1.82) is 0 Å². The third-order valence-corrected chi connectivity index (χ3v) is 3.72. The molecule has 0 saturated carbocycles. The van der Waals surface area contributed by atoms with Gasteiger partial charge >= 0.3 is 0 Å². The first-order chi connectivity index (χ1) is 8.22. The van der Waals surface area contributed by atoms with Gasteiger partial charge in [0.05, 0.1) is 6.04 Å². The molecule has 0 bridgehead atoms. The minimum Gasteiger partial charge on any atom is -0.325 e. The van der Waals surface area contributed by atoms with Crippen LogP contribution in [0.3, 0.4) is 0 Å². The van der Waals surface area contributed by atoms with Gasteiger partial charge in [0.1, 0.15) is 0 Å². The molecule has 1 fully saturated rings. The largest absolute Gasteiger partial charge is 0.325 e. The van der Waals surface area contributed by atoms with E-state index in [1.54, 1.807) is 6.92 Å². The van der Waals surface area contributed by atoms with E-state index in [1.165, 1.54) is 9.13 Å². The Morgan fingerprint density at radius 2 is 2.12 bits per heavy atom. The van der Waals surface area contributed by atoms with E-state index < -0.39 is 0 Å². The van der Waals surface area contributed by atoms with Crippen LogP contribution in [-0.2, 0) is 4.79 Å². The van der Waals surface area contributed by atoms with E-state index in [4.69, 9.17) is 0 Å². The first-order valence-electron chi connectivity index (χ1n) is 5.71. The van der Waals surface area contributed by atoms with E-state index in [1.807, 2.05) is 4.90 Å². The second-order valence-corrected chi connectivity index (χ2v) is 5.33. The van der Waals surface area contributed by atoms with Crippen molar-refractivity contribution in [3.8, 4) is 11.8 Å². The second kappa shape index (κ2) is 5.54. The van der Waals surface area contributed by atoms with Gasteiger partial charge in [-0.3, -0.25) is 4.79 Å². The number of halogens is 1. The number of hydrogen-bond donors (Lipinski definition) is 0. The van der Waals surface area contributed by atoms with Crippen LogP contribution >= 0.6 is 22.6 Å². The Hall–Kier alpha value is -1.02. The van der Waals surface area contributed by atoms with Crippen molar-refractivity contribution in [2.45, 2.75) is 25.8 Å². The van der Waals surface area contributed by atoms with Gasteiger partial charge in [0.15, 0.2) is 0 Å². The first-order valence-corrected chi connectivity index (χ1v) is 6.79. The highest BCUT2D eigenvalue weighted by molar-refractivity contribution is 14.1. The molecule has 1 unspecified atom stereocenters. The quantitative estimate of drug-likeness (QED) is 0.569. The van der Waals surface area contributed by atoms with Crippen LogP contribution in [0.2, 0.25) is 0 Å². The van der Waals surface area contributed by atoms with Gasteiger partial charge in [-0.05, 0) is 66.0 Å². The average molecular weight is 339 g/mol. The van der Waals surface area contributed by atoms with Gasteiger partial charge < -0.3 is 4.90 Å². The Bertz CT molecular complexity index is 469. The van der Waals surface area contributed by atoms with E-state index in [0.29, 0.717) is 0 Å². The predicted octanol–water partition coefficient (Wildman–Crippen LogP) is 2.98. The minimum atomic E-state index is -0.0476. The fourth-order valence-electron chi connectivity index (χ4n) is 2.22. The molecule has 17 heavy (non-hydrogen) atoms. The third-order valence-electron chi connectivity index (χ3n) is 3.00. The lowest BCUT2D eigenvalue weighted by atomic mass is 10.0. The van der Waals surface area contributed by atoms with Gasteiger partial charge in [0.2, 0.25) is 0 Å². The number of rotatable bonds is 1. The molecule has 0 spiro atoms. The summed E-state index contributed by atoms with van der Waals surface area (Å²) in [5.74, 6) is 5.27. The molecule has 2 nitrogen and oxygen atoms in total. The van der Waals surface area contributed by atoms with E-state index >= 15 is 0 Å². The molecule has 1 amide bonds. The highest BCUT2D eigenvalue weighted by Crippen LogP contribution is 2.31. The zero-order valence-corrected chi connectivity index (χ0v) is 11.9. The molecule has 0 aliphatic carbocycles. The molecule has 1 heterocycles. The molecular weight excluding hydrogens is 325 g/mol. The first kappa shape index (κ1) is 12.4. The van der Waals surface area contributed by atoms with E-state index in [0.717, 1.165) is 19.4 Å². The molecular formula is C14H14INO. The van der Waals surface area contributed by atoms with Crippen molar-refractivity contribution in [1.82, 2.24) is 4.90 Å². The minimum absolute atomic E-state index is 0.0476. The van der Waals surface area contributed by atoms with Crippen LogP contribution in [0.4, 0.5) is 0 Å². The Balaban J connectivity index is 2.21. The molecule has 3 heteroatoms. The van der Waals surface area contributed by atoms with Crippen molar-refractivity contribution in [3.63, 3.8) is 0 Å². The number of carbonyl (C=O) groups is 1. The van der Waals surface area contributed by atoms with Crippen LogP contribution in [0, 0.1) is 15.4 Å². The summed E-state index contributed by atoms with van der Waals surface area (Å²) in [6.07, 6.45) is 2.10. The number of carbonyl (C=O) groups excluding carboxylic acids is 1. The van der Waals surface area contributed by atoms with Crippen LogP contribution in [0.1, 0.15) is 31.4 Å². The lowest BCUT2D eigenvalue weighted by molar-refractivity contribution is -0.126. The van der Waals surface area contributed by atoms with E-state index in [9.17, 15) is 4.79 Å². The number of hydrogen-bond acceptors (Lipinski definition) is 1. The normalized spacial score (nSPS) is 18.7. The van der Waals surface area contributed by atoms with Crippen LogP contribution in [0.15, 0.2) is 24.3 Å². The van der Waals surface area contributed by atoms with Crippen molar-refractivity contribution in [2.75, 3.05) is 6.54 Å². The summed E-state index contributed by atoms with van der Waals surface area (Å²) in [6.45, 7) is 2.53. The number of likely N-dealkylation sites (tertiary alicyclic amines) is 1. The third kappa shape index (κ3) is 2.81. The highest BCUT2D eigenvalue weighted by Gasteiger charge is 2.28. The Labute approximate surface area is 116 Å². The summed E-state index contributed by atoms with van der Waals surface area (Å²) in [4.78, 5) is 13.7. The molecule has 1 aromatic rings. The average Bonchev–Trinajstić information content (AvgIpc) is 2.79. The number of benzene rings is 1. The zero-order chi connectivity index (χ0) is 12.3. The maximum absolute atomic E-state index is 11.8. The predicted molar refractivity (Wildman–Crippen MR) is 76.3 cm³/mol. The molecule has 2 rings (SSSR count). The van der Waals surface area contributed by atoms with E-state index in [-0.39, 0.29) is 11.9 Å². The fourth-order valence-corrected chi connectivity index (χ4v) is 2.58. The smallest absolute Gasteiger partial charge is 0.298 e. The number of amides is 1. The number of nitrogens with zero attached hydrogens (tertiary/aromatic N) is 1. The van der Waals surface area contributed by atoms with Crippen LogP contribution < -0.4 is 0 Å². The van der Waals surface area contributed by atoms with Crippen molar-refractivity contribution in [3.05, 3.63) is 33.4 Å². The molecule has 1 aliphatic rings. The van der Waals surface area contributed by atoms with Gasteiger partial charge in [-0.25, -0.2) is 0 Å². The lowest BCUT2D eigenvalue weighted by Gasteiger charge is -2.22. The van der Waals surface area contributed by atoms with Gasteiger partial charge in [-0.2, -0.15) is 0 Å². The lowest BCUT2D eigenvalue weighted by Crippen LogP contribution is -2.29. The monoisotopic (exact) mass is 339 g/mol. The highest BCUT2D eigenvalue weighted by atomic mass is 127. The Morgan fingerprint density at radius 3 is 2.76 bits per heavy atom. The zero-order valence-electron chi connectivity index (χ0n) is 9.74. The van der Waals surface area contributed by atoms with Gasteiger partial charge in [0.25, 0.3) is 5.91 Å². The summed E-state index contributed by atoms with van der Waals surface area (Å²) >= 11 is 2.29. The molecule has 1 atom stereocenters. The van der Waals surface area contributed by atoms with Crippen LogP contribution in [-0.4, -0.2) is 17.4 Å². The molecule has 1 aliphatic heterocycles. The summed E-state index contributed by atoms with van der Waals surface area (Å²) in [5, 5.41) is 0. The molecule has 0 radical (unpaired) electrons. The summed E-state index contributed by atoms with van der Waals surface area (Å²) in [5.41, 5.74) is 1.22. The molecule has 1 saturated heterocycles. The van der Waals surface area contributed by atoms with Crippen LogP contribution in [0.25, 0.3) is 0 Å². The summed E-state index contributed by atoms with van der Waals surface area (Å²) in [6, 6.07) is 8.60. The van der Waals surface area contributed by atoms with Crippen molar-refractivity contribution in [2.24, 2.45) is 0 Å². The standard InChI is InChI=1S/C14H14INO/c1-2-4-14(17)16-10-3-5-13(16)11-6-8-12(15)9-7-11/h6-9,13H,3,5,10H2,1H3. The van der Waals surface area contributed by atoms with E-state index in [2.05, 4.69) is 58.7 Å². The Kier molecular flexibility index (Phi) is 4.06. The summed E-state index contributed by atoms with van der Waals surface area (Å²) in [7, 11) is 0. The summed E-state index contributed by atoms with van der Waals surface area (Å²) < 4.78 is 1.22. The maximum Gasteiger partial charge on any atom is 0.298 e. The fraction of sp³-hybridized carbons (Fsp3) is 0.357. The van der Waals surface area contributed by atoms with Gasteiger partial charge in [0, 0.05) is 10.1 Å².